The van der Waals surface area contributed by atoms with E-state index in [0.29, 0.717) is 17.3 Å². The van der Waals surface area contributed by atoms with Crippen molar-refractivity contribution in [1.82, 2.24) is 15.5 Å². The Labute approximate surface area is 241 Å². The number of hydrogen-bond acceptors (Lipinski definition) is 8. The molecule has 6 N–H and O–H groups in total. The molecule has 0 aliphatic heterocycles. The van der Waals surface area contributed by atoms with Gasteiger partial charge in [0.2, 0.25) is 12.2 Å². The van der Waals surface area contributed by atoms with Gasteiger partial charge in [-0.25, -0.2) is 4.79 Å². The largest absolute Gasteiger partial charge is 0.508 e. The number of phenols is 1. The number of aliphatic hydroxyl groups is 2. The highest BCUT2D eigenvalue weighted by atomic mass is 35.5. The van der Waals surface area contributed by atoms with Crippen molar-refractivity contribution in [2.75, 3.05) is 45.7 Å². The van der Waals surface area contributed by atoms with Gasteiger partial charge in [-0.1, -0.05) is 35.3 Å². The van der Waals surface area contributed by atoms with Crippen LogP contribution in [-0.4, -0.2) is 94.9 Å². The average molecular weight is 614 g/mol. The van der Waals surface area contributed by atoms with E-state index in [4.69, 9.17) is 28.5 Å². The first kappa shape index (κ1) is 32.9. The number of nitrogens with one attached hydrogen (secondary N) is 2. The molecule has 0 heterocycles. The zero-order valence-corrected chi connectivity index (χ0v) is 24.0. The number of aliphatic hydroxyl groups excluding tert-OH is 2. The first-order valence-corrected chi connectivity index (χ1v) is 15.1. The van der Waals surface area contributed by atoms with E-state index in [2.05, 4.69) is 15.6 Å². The average Bonchev–Trinajstić information content (AvgIpc) is 2.88. The molecule has 0 saturated carbocycles. The quantitative estimate of drug-likeness (QED) is 0.0832. The van der Waals surface area contributed by atoms with Crippen LogP contribution in [0.25, 0.3) is 0 Å². The van der Waals surface area contributed by atoms with E-state index in [1.165, 1.54) is 29.2 Å². The molecule has 40 heavy (non-hydrogen) atoms. The van der Waals surface area contributed by atoms with E-state index < -0.39 is 31.6 Å². The van der Waals surface area contributed by atoms with E-state index >= 15 is 0 Å². The number of carbonyl (C=O) groups excluding carboxylic acids is 1. The minimum absolute atomic E-state index is 0.0110. The zero-order valence-electron chi connectivity index (χ0n) is 21.5. The number of benzene rings is 2. The number of carboxylic acids is 1. The Balaban J connectivity index is 2.15. The monoisotopic (exact) mass is 613 g/mol. The number of hydrogen-bond donors (Lipinski definition) is 6. The Morgan fingerprint density at radius 1 is 1.15 bits per heavy atom. The number of aliphatic carboxylic acids is 1. The van der Waals surface area contributed by atoms with Crippen LogP contribution in [-0.2, 0) is 15.8 Å². The number of phenolic OH excluding ortho intramolecular Hbond substituents is 1. The molecule has 2 aromatic rings. The van der Waals surface area contributed by atoms with E-state index in [9.17, 15) is 34.6 Å². The second kappa shape index (κ2) is 15.5. The first-order valence-electron chi connectivity index (χ1n) is 12.0. The molecule has 0 aromatic heterocycles. The topological polar surface area (TPSA) is 196 Å². The number of aryl methyl sites for hydroxylation is 1. The van der Waals surface area contributed by atoms with E-state index in [1.54, 1.807) is 25.0 Å². The minimum atomic E-state index is -2.82. The van der Waals surface area contributed by atoms with E-state index in [-0.39, 0.29) is 59.8 Å². The van der Waals surface area contributed by atoms with Crippen LogP contribution in [0.3, 0.4) is 0 Å². The summed E-state index contributed by atoms with van der Waals surface area (Å²) < 4.78 is 13.2. The Bertz CT molecular complexity index is 1310. The minimum Gasteiger partial charge on any atom is -0.508 e. The van der Waals surface area contributed by atoms with Crippen LogP contribution < -0.4 is 15.9 Å². The molecule has 15 heteroatoms. The summed E-state index contributed by atoms with van der Waals surface area (Å²) in [7, 11) is -2.82. The Morgan fingerprint density at radius 3 is 2.30 bits per heavy atom. The number of aromatic hydroxyl groups is 1. The van der Waals surface area contributed by atoms with Crippen LogP contribution >= 0.6 is 30.3 Å². The van der Waals surface area contributed by atoms with Gasteiger partial charge < -0.3 is 40.5 Å². The molecule has 1 amide bonds. The molecule has 0 spiro atoms. The molecule has 0 aliphatic rings. The van der Waals surface area contributed by atoms with Crippen molar-refractivity contribution in [3.05, 3.63) is 57.6 Å². The maximum Gasteiger partial charge on any atom is 0.328 e. The molecule has 2 rings (SSSR count). The second-order valence-electron chi connectivity index (χ2n) is 8.74. The fraction of sp³-hybridized carbons (Fsp3) is 0.360. The summed E-state index contributed by atoms with van der Waals surface area (Å²) in [4.78, 5) is 29.7. The fourth-order valence-corrected chi connectivity index (χ4v) is 6.16. The molecular formula is C25H30Cl2N5O7P. The van der Waals surface area contributed by atoms with Gasteiger partial charge in [0.1, 0.15) is 18.9 Å². The predicted molar refractivity (Wildman–Crippen MR) is 152 cm³/mol. The summed E-state index contributed by atoms with van der Waals surface area (Å²) in [6, 6.07) is 7.69. The number of nitrogens with zero attached hydrogens (tertiary/aromatic N) is 3. The highest BCUT2D eigenvalue weighted by Gasteiger charge is 2.26. The molecule has 0 fully saturated rings. The van der Waals surface area contributed by atoms with Crippen LogP contribution in [0.4, 0.5) is 0 Å². The van der Waals surface area contributed by atoms with Gasteiger partial charge in [0.05, 0.1) is 28.8 Å². The number of nitriles is 1. The van der Waals surface area contributed by atoms with Gasteiger partial charge in [-0.15, -0.1) is 4.99 Å². The number of carboxylic acid groups (broad SMARTS) is 1. The molecule has 0 radical (unpaired) electrons. The molecule has 0 bridgehead atoms. The lowest BCUT2D eigenvalue weighted by Gasteiger charge is -2.25. The molecule has 216 valence electrons. The summed E-state index contributed by atoms with van der Waals surface area (Å²) >= 11 is 12.7. The van der Waals surface area contributed by atoms with Crippen molar-refractivity contribution in [3.63, 3.8) is 0 Å². The first-order chi connectivity index (χ1) is 18.9. The number of amides is 1. The Morgan fingerprint density at radius 2 is 1.77 bits per heavy atom. The van der Waals surface area contributed by atoms with Crippen molar-refractivity contribution < 1.29 is 34.6 Å². The molecule has 1 unspecified atom stereocenters. The number of carbonyl (C=O) groups is 2. The van der Waals surface area contributed by atoms with Gasteiger partial charge in [0.15, 0.2) is 0 Å². The van der Waals surface area contributed by atoms with Crippen LogP contribution in [0, 0.1) is 11.5 Å². The number of guanidine groups is 1. The maximum absolute atomic E-state index is 13.2. The summed E-state index contributed by atoms with van der Waals surface area (Å²) in [6.45, 7) is 0.595. The summed E-state index contributed by atoms with van der Waals surface area (Å²) in [6.07, 6.45) is 2.12. The van der Waals surface area contributed by atoms with Crippen LogP contribution in [0.2, 0.25) is 10.0 Å². The summed E-state index contributed by atoms with van der Waals surface area (Å²) in [5, 5.41) is 52.1. The van der Waals surface area contributed by atoms with Crippen molar-refractivity contribution >= 4 is 53.5 Å². The van der Waals surface area contributed by atoms with Crippen molar-refractivity contribution in [2.24, 2.45) is 4.99 Å². The molecule has 2 aromatic carbocycles. The predicted octanol–water partition coefficient (Wildman–Crippen LogP) is 1.46. The highest BCUT2D eigenvalue weighted by molar-refractivity contribution is 7.70. The third-order valence-corrected chi connectivity index (χ3v) is 8.84. The zero-order chi connectivity index (χ0) is 29.9. The van der Waals surface area contributed by atoms with Crippen molar-refractivity contribution in [3.8, 4) is 11.9 Å². The lowest BCUT2D eigenvalue weighted by atomic mass is 10.1. The smallest absolute Gasteiger partial charge is 0.328 e. The van der Waals surface area contributed by atoms with Crippen LogP contribution in [0.1, 0.15) is 15.9 Å². The molecule has 0 saturated heterocycles. The Hall–Kier alpha value is -3.33. The molecule has 0 aliphatic carbocycles. The van der Waals surface area contributed by atoms with Crippen molar-refractivity contribution in [1.29, 1.82) is 5.26 Å². The van der Waals surface area contributed by atoms with Crippen LogP contribution in [0.5, 0.6) is 5.75 Å². The number of halogens is 2. The summed E-state index contributed by atoms with van der Waals surface area (Å²) in [5.74, 6) is -2.34. The summed E-state index contributed by atoms with van der Waals surface area (Å²) in [5.41, 5.74) is 0.453. The van der Waals surface area contributed by atoms with Gasteiger partial charge >= 0.3 is 5.97 Å². The number of rotatable bonds is 13. The lowest BCUT2D eigenvalue weighted by molar-refractivity contribution is -0.139. The van der Waals surface area contributed by atoms with Gasteiger partial charge in [0, 0.05) is 31.1 Å². The number of aliphatic imine (C=N–C) groups is 1. The SMILES string of the molecule is CP(=O)(CCc1cc(Cl)c(C(=O)N[C@@H](CN/C(=N\C#N)N(CCO)CCO)C(=O)O)c(Cl)c1)c1cccc(O)c1. The maximum atomic E-state index is 13.2. The van der Waals surface area contributed by atoms with Gasteiger partial charge in [-0.3, -0.25) is 4.79 Å². The second-order valence-corrected chi connectivity index (χ2v) is 12.7. The third kappa shape index (κ3) is 9.40. The Kier molecular flexibility index (Phi) is 12.7. The third-order valence-electron chi connectivity index (χ3n) is 5.80. The van der Waals surface area contributed by atoms with E-state index in [1.807, 2.05) is 0 Å². The molecule has 12 nitrogen and oxygen atoms in total. The normalized spacial score (nSPS) is 13.6. The highest BCUT2D eigenvalue weighted by Crippen LogP contribution is 2.41. The van der Waals surface area contributed by atoms with Crippen LogP contribution in [0.15, 0.2) is 41.4 Å². The lowest BCUT2D eigenvalue weighted by Crippen LogP contribution is -2.52. The van der Waals surface area contributed by atoms with Gasteiger partial charge in [0.25, 0.3) is 5.91 Å². The van der Waals surface area contributed by atoms with Crippen molar-refractivity contribution in [2.45, 2.75) is 12.5 Å². The fourth-order valence-electron chi connectivity index (χ4n) is 3.70. The van der Waals surface area contributed by atoms with Gasteiger partial charge in [-0.2, -0.15) is 5.26 Å². The van der Waals surface area contributed by atoms with Gasteiger partial charge in [-0.05, 0) is 42.9 Å². The molecule has 2 atom stereocenters. The standard InChI is InChI=1S/C25H30Cl2N5O7P/c1-40(39,18-4-2-3-17(35)13-18)10-5-16-11-19(26)22(20(27)12-16)23(36)31-21(24(37)38)14-29-25(30-15-28)32(6-8-33)7-9-34/h2-4,11-13,21,33-35H,5-10,14H2,1H3,(H,29,30)(H,31,36)(H,37,38)/t21-,40?/m0/s1. The van der Waals surface area contributed by atoms with E-state index in [0.717, 1.165) is 0 Å². The molecular weight excluding hydrogens is 584 g/mol.